The van der Waals surface area contributed by atoms with E-state index in [4.69, 9.17) is 0 Å². The molecule has 0 unspecified atom stereocenters. The number of carbonyl (C=O) groups is 1. The molecule has 4 heteroatoms. The number of rotatable bonds is 5. The van der Waals surface area contributed by atoms with Gasteiger partial charge in [-0.25, -0.2) is 8.42 Å². The maximum Gasteiger partial charge on any atom is 0.185 e. The second-order valence-corrected chi connectivity index (χ2v) is 6.36. The van der Waals surface area contributed by atoms with Gasteiger partial charge < -0.3 is 0 Å². The van der Waals surface area contributed by atoms with Gasteiger partial charge in [-0.15, -0.1) is 0 Å². The molecule has 0 fully saturated rings. The van der Waals surface area contributed by atoms with E-state index in [1.165, 1.54) is 0 Å². The third-order valence-electron chi connectivity index (χ3n) is 2.65. The Morgan fingerprint density at radius 2 is 1.71 bits per heavy atom. The summed E-state index contributed by atoms with van der Waals surface area (Å²) in [6.45, 7) is 5.76. The van der Waals surface area contributed by atoms with Gasteiger partial charge in [-0.2, -0.15) is 0 Å². The second kappa shape index (κ2) is 5.45. The van der Waals surface area contributed by atoms with Crippen LogP contribution in [0.2, 0.25) is 0 Å². The van der Waals surface area contributed by atoms with Gasteiger partial charge in [-0.3, -0.25) is 4.79 Å². The van der Waals surface area contributed by atoms with Crippen LogP contribution in [0.15, 0.2) is 29.2 Å². The molecule has 0 amide bonds. The first-order valence-corrected chi connectivity index (χ1v) is 7.36. The van der Waals surface area contributed by atoms with Gasteiger partial charge in [0.2, 0.25) is 0 Å². The van der Waals surface area contributed by atoms with Crippen LogP contribution in [0.3, 0.4) is 0 Å². The van der Waals surface area contributed by atoms with E-state index < -0.39 is 15.6 Å². The van der Waals surface area contributed by atoms with E-state index in [9.17, 15) is 13.2 Å². The molecule has 0 aliphatic carbocycles. The lowest BCUT2D eigenvalue weighted by atomic mass is 10.0. The zero-order valence-corrected chi connectivity index (χ0v) is 11.3. The Kier molecular flexibility index (Phi) is 4.46. The molecule has 17 heavy (non-hydrogen) atoms. The van der Waals surface area contributed by atoms with Gasteiger partial charge in [0, 0.05) is 6.42 Å². The maximum absolute atomic E-state index is 11.9. The standard InChI is InChI=1S/C13H18O3S/c1-4-12(14)9-17(15,16)13-7-5-11(6-8-13)10(2)3/h5-8,10H,4,9H2,1-3H3. The van der Waals surface area contributed by atoms with E-state index in [-0.39, 0.29) is 17.1 Å². The van der Waals surface area contributed by atoms with Gasteiger partial charge in [0.05, 0.1) is 4.90 Å². The summed E-state index contributed by atoms with van der Waals surface area (Å²) < 4.78 is 23.7. The van der Waals surface area contributed by atoms with Gasteiger partial charge in [-0.05, 0) is 23.6 Å². The molecule has 0 radical (unpaired) electrons. The molecule has 0 heterocycles. The summed E-state index contributed by atoms with van der Waals surface area (Å²) in [7, 11) is -3.46. The number of Topliss-reactive ketones (excluding diaryl/α,β-unsaturated/α-hetero) is 1. The SMILES string of the molecule is CCC(=O)CS(=O)(=O)c1ccc(C(C)C)cc1. The lowest BCUT2D eigenvalue weighted by molar-refractivity contribution is -0.116. The molecular formula is C13H18O3S. The number of hydrogen-bond donors (Lipinski definition) is 0. The zero-order chi connectivity index (χ0) is 13.1. The Hall–Kier alpha value is -1.16. The number of carbonyl (C=O) groups excluding carboxylic acids is 1. The highest BCUT2D eigenvalue weighted by Crippen LogP contribution is 2.18. The number of hydrogen-bond acceptors (Lipinski definition) is 3. The number of benzene rings is 1. The molecule has 94 valence electrons. The predicted octanol–water partition coefficient (Wildman–Crippen LogP) is 2.56. The first kappa shape index (κ1) is 13.9. The molecule has 1 aromatic carbocycles. The smallest absolute Gasteiger partial charge is 0.185 e. The molecule has 0 N–H and O–H groups in total. The highest BCUT2D eigenvalue weighted by atomic mass is 32.2. The van der Waals surface area contributed by atoms with Crippen LogP contribution in [0.25, 0.3) is 0 Å². The van der Waals surface area contributed by atoms with Crippen molar-refractivity contribution in [3.05, 3.63) is 29.8 Å². The fourth-order valence-electron chi connectivity index (χ4n) is 1.46. The monoisotopic (exact) mass is 254 g/mol. The Bertz CT molecular complexity index is 484. The highest BCUT2D eigenvalue weighted by molar-refractivity contribution is 7.92. The summed E-state index contributed by atoms with van der Waals surface area (Å²) in [6.07, 6.45) is 0.253. The minimum atomic E-state index is -3.46. The van der Waals surface area contributed by atoms with Crippen molar-refractivity contribution in [3.63, 3.8) is 0 Å². The van der Waals surface area contributed by atoms with Crippen molar-refractivity contribution in [1.82, 2.24) is 0 Å². The molecule has 0 atom stereocenters. The lowest BCUT2D eigenvalue weighted by Crippen LogP contribution is -2.15. The van der Waals surface area contributed by atoms with E-state index in [1.54, 1.807) is 31.2 Å². The van der Waals surface area contributed by atoms with Crippen molar-refractivity contribution in [2.24, 2.45) is 0 Å². The van der Waals surface area contributed by atoms with Crippen LogP contribution in [-0.2, 0) is 14.6 Å². The van der Waals surface area contributed by atoms with Gasteiger partial charge >= 0.3 is 0 Å². The van der Waals surface area contributed by atoms with Crippen molar-refractivity contribution in [2.75, 3.05) is 5.75 Å². The molecule has 0 saturated carbocycles. The number of ketones is 1. The van der Waals surface area contributed by atoms with Gasteiger partial charge in [0.1, 0.15) is 11.5 Å². The minimum absolute atomic E-state index is 0.226. The molecule has 1 rings (SSSR count). The molecule has 0 saturated heterocycles. The van der Waals surface area contributed by atoms with E-state index in [1.807, 2.05) is 13.8 Å². The van der Waals surface area contributed by atoms with Crippen LogP contribution in [0.4, 0.5) is 0 Å². The minimum Gasteiger partial charge on any atom is -0.299 e. The first-order chi connectivity index (χ1) is 7.86. The van der Waals surface area contributed by atoms with Gasteiger partial charge in [0.15, 0.2) is 9.84 Å². The normalized spacial score (nSPS) is 11.8. The summed E-state index contributed by atoms with van der Waals surface area (Å²) in [5.74, 6) is -0.285. The molecule has 0 bridgehead atoms. The van der Waals surface area contributed by atoms with Crippen molar-refractivity contribution in [2.45, 2.75) is 38.0 Å². The van der Waals surface area contributed by atoms with Crippen molar-refractivity contribution in [3.8, 4) is 0 Å². The van der Waals surface area contributed by atoms with Gasteiger partial charge in [0.25, 0.3) is 0 Å². The molecule has 0 spiro atoms. The van der Waals surface area contributed by atoms with Crippen LogP contribution in [0.5, 0.6) is 0 Å². The zero-order valence-electron chi connectivity index (χ0n) is 10.4. The van der Waals surface area contributed by atoms with E-state index in [0.717, 1.165) is 5.56 Å². The fourth-order valence-corrected chi connectivity index (χ4v) is 2.80. The van der Waals surface area contributed by atoms with Crippen LogP contribution in [-0.4, -0.2) is 20.0 Å². The number of sulfone groups is 1. The summed E-state index contributed by atoms with van der Waals surface area (Å²) in [4.78, 5) is 11.4. The predicted molar refractivity (Wildman–Crippen MR) is 67.9 cm³/mol. The third kappa shape index (κ3) is 3.66. The molecule has 1 aromatic rings. The van der Waals surface area contributed by atoms with Crippen LogP contribution in [0.1, 0.15) is 38.7 Å². The van der Waals surface area contributed by atoms with Crippen molar-refractivity contribution < 1.29 is 13.2 Å². The quantitative estimate of drug-likeness (QED) is 0.811. The highest BCUT2D eigenvalue weighted by Gasteiger charge is 2.18. The van der Waals surface area contributed by atoms with Crippen molar-refractivity contribution in [1.29, 1.82) is 0 Å². The topological polar surface area (TPSA) is 51.2 Å². The first-order valence-electron chi connectivity index (χ1n) is 5.71. The van der Waals surface area contributed by atoms with Crippen LogP contribution < -0.4 is 0 Å². The Labute approximate surface area is 103 Å². The summed E-state index contributed by atoms with van der Waals surface area (Å²) >= 11 is 0. The fraction of sp³-hybridized carbons (Fsp3) is 0.462. The average molecular weight is 254 g/mol. The summed E-state index contributed by atoms with van der Waals surface area (Å²) in [6, 6.07) is 6.75. The summed E-state index contributed by atoms with van der Waals surface area (Å²) in [5, 5.41) is 0. The summed E-state index contributed by atoms with van der Waals surface area (Å²) in [5.41, 5.74) is 1.09. The lowest BCUT2D eigenvalue weighted by Gasteiger charge is -2.07. The van der Waals surface area contributed by atoms with Crippen LogP contribution in [0, 0.1) is 0 Å². The molecule has 0 aliphatic rings. The Balaban J connectivity index is 2.96. The Morgan fingerprint density at radius 1 is 1.18 bits per heavy atom. The van der Waals surface area contributed by atoms with Crippen LogP contribution >= 0.6 is 0 Å². The molecule has 0 aliphatic heterocycles. The van der Waals surface area contributed by atoms with E-state index >= 15 is 0 Å². The van der Waals surface area contributed by atoms with E-state index in [2.05, 4.69) is 0 Å². The molecule has 0 aromatic heterocycles. The maximum atomic E-state index is 11.9. The van der Waals surface area contributed by atoms with Crippen molar-refractivity contribution >= 4 is 15.6 Å². The molecule has 3 nitrogen and oxygen atoms in total. The average Bonchev–Trinajstić information content (AvgIpc) is 2.28. The Morgan fingerprint density at radius 3 is 2.12 bits per heavy atom. The van der Waals surface area contributed by atoms with Gasteiger partial charge in [-0.1, -0.05) is 32.9 Å². The third-order valence-corrected chi connectivity index (χ3v) is 4.34. The second-order valence-electron chi connectivity index (χ2n) is 4.38. The largest absolute Gasteiger partial charge is 0.299 e. The van der Waals surface area contributed by atoms with E-state index in [0.29, 0.717) is 5.92 Å². The molecular weight excluding hydrogens is 236 g/mol.